The van der Waals surface area contributed by atoms with E-state index in [1.54, 1.807) is 12.4 Å². The number of halogens is 1. The molecule has 0 bridgehead atoms. The molecule has 0 spiro atoms. The van der Waals surface area contributed by atoms with E-state index >= 15 is 4.39 Å². The molecule has 3 aromatic rings. The van der Waals surface area contributed by atoms with Crippen LogP contribution in [0.1, 0.15) is 56.4 Å². The topological polar surface area (TPSA) is 75.6 Å². The molecule has 1 N–H and O–H groups in total. The highest BCUT2D eigenvalue weighted by atomic mass is 19.1. The number of carboxylic acids is 1. The summed E-state index contributed by atoms with van der Waals surface area (Å²) in [5, 5.41) is 9.59. The van der Waals surface area contributed by atoms with Gasteiger partial charge in [-0.2, -0.15) is 0 Å². The molecule has 1 saturated heterocycles. The Morgan fingerprint density at radius 1 is 1.17 bits per heavy atom. The van der Waals surface area contributed by atoms with Gasteiger partial charge < -0.3 is 14.7 Å². The quantitative estimate of drug-likeness (QED) is 0.415. The van der Waals surface area contributed by atoms with Gasteiger partial charge in [-0.05, 0) is 36.8 Å². The summed E-state index contributed by atoms with van der Waals surface area (Å²) < 4.78 is 20.9. The first-order valence-corrected chi connectivity index (χ1v) is 12.4. The van der Waals surface area contributed by atoms with Gasteiger partial charge in [-0.25, -0.2) is 9.37 Å². The molecule has 1 unspecified atom stereocenters. The van der Waals surface area contributed by atoms with Crippen molar-refractivity contribution in [3.05, 3.63) is 71.4 Å². The van der Waals surface area contributed by atoms with E-state index < -0.39 is 11.8 Å². The highest BCUT2D eigenvalue weighted by Crippen LogP contribution is 2.40. The molecule has 1 fully saturated rings. The number of rotatable bonds is 8. The minimum Gasteiger partial charge on any atom is -0.481 e. The van der Waals surface area contributed by atoms with Crippen molar-refractivity contribution in [2.24, 2.45) is 5.41 Å². The maximum Gasteiger partial charge on any atom is 0.307 e. The molecule has 2 aromatic heterocycles. The summed E-state index contributed by atoms with van der Waals surface area (Å²) in [6.45, 7) is 10.2. The summed E-state index contributed by atoms with van der Waals surface area (Å²) in [7, 11) is 0. The summed E-state index contributed by atoms with van der Waals surface area (Å²) in [6, 6.07) is 11.3. The summed E-state index contributed by atoms with van der Waals surface area (Å²) in [5.41, 5.74) is 4.73. The molecule has 36 heavy (non-hydrogen) atoms. The normalized spacial score (nSPS) is 16.0. The van der Waals surface area contributed by atoms with Gasteiger partial charge in [0.1, 0.15) is 0 Å². The number of hydrogen-bond donors (Lipinski definition) is 1. The Balaban J connectivity index is 1.64. The van der Waals surface area contributed by atoms with E-state index in [4.69, 9.17) is 4.74 Å². The Labute approximate surface area is 212 Å². The first-order valence-electron chi connectivity index (χ1n) is 12.4. The monoisotopic (exact) mass is 491 g/mol. The zero-order valence-corrected chi connectivity index (χ0v) is 21.4. The fraction of sp³-hybridized carbons (Fsp3) is 0.414. The lowest BCUT2D eigenvalue weighted by atomic mass is 9.82. The standard InChI is InChI=1S/C29H34FN3O3/c1-19(21-8-6-5-7-9-21)18-36-28-25(30)14-22(16-32-28)24-17-31-20(2)23(15-26(34)35)27(24)33-12-10-29(3,4)11-13-33/h5-9,14,16-17,19H,10-13,15,18H2,1-4H3,(H,34,35). The van der Waals surface area contributed by atoms with Gasteiger partial charge in [-0.3, -0.25) is 9.78 Å². The van der Waals surface area contributed by atoms with Crippen LogP contribution >= 0.6 is 0 Å². The summed E-state index contributed by atoms with van der Waals surface area (Å²) in [6.07, 6.45) is 5.11. The van der Waals surface area contributed by atoms with Crippen LogP contribution in [0.2, 0.25) is 0 Å². The molecule has 0 saturated carbocycles. The molecule has 7 heteroatoms. The minimum absolute atomic E-state index is 0.0476. The number of benzene rings is 1. The summed E-state index contributed by atoms with van der Waals surface area (Å²) >= 11 is 0. The second-order valence-corrected chi connectivity index (χ2v) is 10.4. The fourth-order valence-electron chi connectivity index (χ4n) is 4.67. The van der Waals surface area contributed by atoms with Crippen molar-refractivity contribution in [1.82, 2.24) is 9.97 Å². The molecule has 6 nitrogen and oxygen atoms in total. The number of carbonyl (C=O) groups is 1. The van der Waals surface area contributed by atoms with E-state index in [1.807, 2.05) is 44.2 Å². The minimum atomic E-state index is -0.920. The Kier molecular flexibility index (Phi) is 7.57. The van der Waals surface area contributed by atoms with E-state index in [0.29, 0.717) is 29.0 Å². The second-order valence-electron chi connectivity index (χ2n) is 10.4. The molecule has 0 aliphatic carbocycles. The van der Waals surface area contributed by atoms with Crippen molar-refractivity contribution < 1.29 is 19.0 Å². The Morgan fingerprint density at radius 3 is 2.50 bits per heavy atom. The predicted octanol–water partition coefficient (Wildman–Crippen LogP) is 6.03. The maximum atomic E-state index is 15.1. The van der Waals surface area contributed by atoms with Gasteiger partial charge in [-0.1, -0.05) is 51.1 Å². The van der Waals surface area contributed by atoms with E-state index in [1.165, 1.54) is 6.07 Å². The maximum absolute atomic E-state index is 15.1. The van der Waals surface area contributed by atoms with Crippen LogP contribution in [-0.2, 0) is 11.2 Å². The van der Waals surface area contributed by atoms with E-state index in [9.17, 15) is 9.90 Å². The lowest BCUT2D eigenvalue weighted by molar-refractivity contribution is -0.136. The molecule has 3 heterocycles. The number of ether oxygens (including phenoxy) is 1. The summed E-state index contributed by atoms with van der Waals surface area (Å²) in [5.74, 6) is -1.44. The van der Waals surface area contributed by atoms with Crippen molar-refractivity contribution in [2.75, 3.05) is 24.6 Å². The SMILES string of the molecule is Cc1ncc(-c2cnc(OCC(C)c3ccccc3)c(F)c2)c(N2CCC(C)(C)CC2)c1CC(=O)O. The molecule has 4 rings (SSSR count). The van der Waals surface area contributed by atoms with Crippen molar-refractivity contribution in [3.63, 3.8) is 0 Å². The Morgan fingerprint density at radius 2 is 1.86 bits per heavy atom. The van der Waals surface area contributed by atoms with Gasteiger partial charge in [0.15, 0.2) is 5.82 Å². The van der Waals surface area contributed by atoms with Crippen LogP contribution in [0.25, 0.3) is 11.1 Å². The van der Waals surface area contributed by atoms with Crippen LogP contribution in [0, 0.1) is 18.2 Å². The predicted molar refractivity (Wildman–Crippen MR) is 139 cm³/mol. The molecule has 1 aliphatic rings. The fourth-order valence-corrected chi connectivity index (χ4v) is 4.67. The van der Waals surface area contributed by atoms with Gasteiger partial charge in [0.2, 0.25) is 5.88 Å². The summed E-state index contributed by atoms with van der Waals surface area (Å²) in [4.78, 5) is 22.7. The average Bonchev–Trinajstić information content (AvgIpc) is 2.85. The molecule has 1 aliphatic heterocycles. The number of aliphatic carboxylic acids is 1. The van der Waals surface area contributed by atoms with Gasteiger partial charge in [0.25, 0.3) is 0 Å². The average molecular weight is 492 g/mol. The van der Waals surface area contributed by atoms with Gasteiger partial charge >= 0.3 is 5.97 Å². The molecule has 1 atom stereocenters. The van der Waals surface area contributed by atoms with Crippen LogP contribution in [0.3, 0.4) is 0 Å². The lowest BCUT2D eigenvalue weighted by Gasteiger charge is -2.40. The zero-order chi connectivity index (χ0) is 25.9. The number of piperidine rings is 1. The smallest absolute Gasteiger partial charge is 0.307 e. The first kappa shape index (κ1) is 25.6. The lowest BCUT2D eigenvalue weighted by Crippen LogP contribution is -2.38. The highest BCUT2D eigenvalue weighted by Gasteiger charge is 2.29. The van der Waals surface area contributed by atoms with Crippen LogP contribution < -0.4 is 9.64 Å². The molecule has 0 radical (unpaired) electrons. The molecular formula is C29H34FN3O3. The number of nitrogens with zero attached hydrogens (tertiary/aromatic N) is 3. The third-order valence-electron chi connectivity index (χ3n) is 7.08. The van der Waals surface area contributed by atoms with Crippen LogP contribution in [-0.4, -0.2) is 40.7 Å². The molecule has 1 aromatic carbocycles. The number of carboxylic acid groups (broad SMARTS) is 1. The second kappa shape index (κ2) is 10.6. The van der Waals surface area contributed by atoms with Crippen molar-refractivity contribution in [1.29, 1.82) is 0 Å². The van der Waals surface area contributed by atoms with E-state index in [0.717, 1.165) is 37.2 Å². The molecule has 190 valence electrons. The number of pyridine rings is 2. The molecular weight excluding hydrogens is 457 g/mol. The Bertz CT molecular complexity index is 1220. The number of anilines is 1. The van der Waals surface area contributed by atoms with Crippen molar-refractivity contribution in [3.8, 4) is 17.0 Å². The zero-order valence-electron chi connectivity index (χ0n) is 21.4. The van der Waals surface area contributed by atoms with Gasteiger partial charge in [-0.15, -0.1) is 0 Å². The number of aryl methyl sites for hydroxylation is 1. The van der Waals surface area contributed by atoms with E-state index in [-0.39, 0.29) is 23.6 Å². The van der Waals surface area contributed by atoms with Crippen molar-refractivity contribution in [2.45, 2.75) is 52.9 Å². The van der Waals surface area contributed by atoms with Crippen molar-refractivity contribution >= 4 is 11.7 Å². The highest BCUT2D eigenvalue weighted by molar-refractivity contribution is 5.84. The van der Waals surface area contributed by atoms with Crippen LogP contribution in [0.15, 0.2) is 48.8 Å². The molecule has 0 amide bonds. The first-order chi connectivity index (χ1) is 17.1. The number of hydrogen-bond acceptors (Lipinski definition) is 5. The third kappa shape index (κ3) is 5.83. The van der Waals surface area contributed by atoms with E-state index in [2.05, 4.69) is 28.7 Å². The largest absolute Gasteiger partial charge is 0.481 e. The number of aromatic nitrogens is 2. The van der Waals surface area contributed by atoms with Gasteiger partial charge in [0, 0.05) is 53.8 Å². The van der Waals surface area contributed by atoms with Crippen LogP contribution in [0.5, 0.6) is 5.88 Å². The van der Waals surface area contributed by atoms with Gasteiger partial charge in [0.05, 0.1) is 18.7 Å². The Hall–Kier alpha value is -3.48. The van der Waals surface area contributed by atoms with Crippen LogP contribution in [0.4, 0.5) is 10.1 Å². The third-order valence-corrected chi connectivity index (χ3v) is 7.08.